The van der Waals surface area contributed by atoms with Gasteiger partial charge in [0.2, 0.25) is 5.88 Å². The van der Waals surface area contributed by atoms with E-state index in [2.05, 4.69) is 20.5 Å². The maximum atomic E-state index is 12.2. The van der Waals surface area contributed by atoms with E-state index >= 15 is 0 Å². The molecular formula is C21H16ClN5O2. The Labute approximate surface area is 172 Å². The van der Waals surface area contributed by atoms with Crippen LogP contribution in [0.3, 0.4) is 0 Å². The van der Waals surface area contributed by atoms with Gasteiger partial charge in [-0.15, -0.1) is 10.2 Å². The molecule has 0 atom stereocenters. The zero-order valence-electron chi connectivity index (χ0n) is 15.4. The van der Waals surface area contributed by atoms with E-state index in [0.29, 0.717) is 33.7 Å². The molecule has 0 bridgehead atoms. The molecule has 1 amide bonds. The van der Waals surface area contributed by atoms with E-state index in [1.807, 2.05) is 17.7 Å². The molecule has 0 saturated carbocycles. The second kappa shape index (κ2) is 8.12. The first kappa shape index (κ1) is 18.6. The highest BCUT2D eigenvalue weighted by molar-refractivity contribution is 6.30. The van der Waals surface area contributed by atoms with Gasteiger partial charge in [-0.3, -0.25) is 9.36 Å². The van der Waals surface area contributed by atoms with Gasteiger partial charge in [-0.1, -0.05) is 11.6 Å². The van der Waals surface area contributed by atoms with E-state index in [4.69, 9.17) is 16.3 Å². The van der Waals surface area contributed by atoms with Gasteiger partial charge in [0.1, 0.15) is 11.6 Å². The molecule has 0 aliphatic carbocycles. The van der Waals surface area contributed by atoms with Crippen LogP contribution in [0.25, 0.3) is 5.82 Å². The van der Waals surface area contributed by atoms with Crippen molar-refractivity contribution in [3.05, 3.63) is 89.5 Å². The summed E-state index contributed by atoms with van der Waals surface area (Å²) in [6.07, 6.45) is 3.52. The van der Waals surface area contributed by atoms with Gasteiger partial charge >= 0.3 is 0 Å². The molecule has 4 aromatic rings. The molecule has 2 aromatic carbocycles. The first-order valence-corrected chi connectivity index (χ1v) is 9.15. The SMILES string of the molecule is Cc1nccn1-c1ccc(Oc2ccc(NC(=O)c3ccc(Cl)cc3)cc2)nn1. The molecule has 0 saturated heterocycles. The summed E-state index contributed by atoms with van der Waals surface area (Å²) in [4.78, 5) is 16.4. The first-order valence-electron chi connectivity index (χ1n) is 8.77. The van der Waals surface area contributed by atoms with Gasteiger partial charge in [0.05, 0.1) is 0 Å². The fourth-order valence-electron chi connectivity index (χ4n) is 2.65. The number of carbonyl (C=O) groups is 1. The Kier molecular flexibility index (Phi) is 5.22. The lowest BCUT2D eigenvalue weighted by molar-refractivity contribution is 0.102. The number of carbonyl (C=O) groups excluding carboxylic acids is 1. The van der Waals surface area contributed by atoms with Gasteiger partial charge < -0.3 is 10.1 Å². The number of benzene rings is 2. The Hall–Kier alpha value is -3.71. The summed E-state index contributed by atoms with van der Waals surface area (Å²) >= 11 is 5.84. The molecule has 0 aliphatic rings. The summed E-state index contributed by atoms with van der Waals surface area (Å²) < 4.78 is 7.54. The Morgan fingerprint density at radius 3 is 2.38 bits per heavy atom. The number of anilines is 1. The van der Waals surface area contributed by atoms with Crippen LogP contribution in [0, 0.1) is 6.92 Å². The highest BCUT2D eigenvalue weighted by atomic mass is 35.5. The maximum absolute atomic E-state index is 12.2. The minimum absolute atomic E-state index is 0.216. The van der Waals surface area contributed by atoms with E-state index in [-0.39, 0.29) is 5.91 Å². The number of hydrogen-bond acceptors (Lipinski definition) is 5. The van der Waals surface area contributed by atoms with Crippen LogP contribution in [0.15, 0.2) is 73.1 Å². The number of rotatable bonds is 5. The van der Waals surface area contributed by atoms with Crippen LogP contribution >= 0.6 is 11.6 Å². The summed E-state index contributed by atoms with van der Waals surface area (Å²) in [7, 11) is 0. The van der Waals surface area contributed by atoms with Crippen LogP contribution in [-0.4, -0.2) is 25.7 Å². The highest BCUT2D eigenvalue weighted by Crippen LogP contribution is 2.22. The topological polar surface area (TPSA) is 81.9 Å². The zero-order valence-corrected chi connectivity index (χ0v) is 16.2. The van der Waals surface area contributed by atoms with Crippen molar-refractivity contribution in [2.75, 3.05) is 5.32 Å². The quantitative estimate of drug-likeness (QED) is 0.521. The maximum Gasteiger partial charge on any atom is 0.255 e. The van der Waals surface area contributed by atoms with Crippen LogP contribution < -0.4 is 10.1 Å². The fraction of sp³-hybridized carbons (Fsp3) is 0.0476. The fourth-order valence-corrected chi connectivity index (χ4v) is 2.77. The molecule has 144 valence electrons. The Morgan fingerprint density at radius 2 is 1.76 bits per heavy atom. The molecule has 2 heterocycles. The lowest BCUT2D eigenvalue weighted by atomic mass is 10.2. The third-order valence-electron chi connectivity index (χ3n) is 4.14. The van der Waals surface area contributed by atoms with Crippen molar-refractivity contribution in [1.82, 2.24) is 19.7 Å². The molecule has 4 rings (SSSR count). The van der Waals surface area contributed by atoms with E-state index < -0.39 is 0 Å². The standard InChI is InChI=1S/C21H16ClN5O2/c1-14-23-12-13-27(14)19-10-11-20(26-25-19)29-18-8-6-17(7-9-18)24-21(28)15-2-4-16(22)5-3-15/h2-13H,1H3,(H,24,28). The third-order valence-corrected chi connectivity index (χ3v) is 4.39. The predicted molar refractivity (Wildman–Crippen MR) is 110 cm³/mol. The highest BCUT2D eigenvalue weighted by Gasteiger charge is 2.07. The molecule has 0 fully saturated rings. The molecule has 0 spiro atoms. The van der Waals surface area contributed by atoms with Crippen molar-refractivity contribution in [3.63, 3.8) is 0 Å². The van der Waals surface area contributed by atoms with Crippen LogP contribution in [0.1, 0.15) is 16.2 Å². The lowest BCUT2D eigenvalue weighted by Gasteiger charge is -2.08. The van der Waals surface area contributed by atoms with Crippen LogP contribution in [0.4, 0.5) is 5.69 Å². The number of aromatic nitrogens is 4. The van der Waals surface area contributed by atoms with Crippen molar-refractivity contribution in [3.8, 4) is 17.4 Å². The van der Waals surface area contributed by atoms with Gasteiger partial charge in [-0.2, -0.15) is 0 Å². The number of aryl methyl sites for hydroxylation is 1. The Morgan fingerprint density at radius 1 is 1.00 bits per heavy atom. The van der Waals surface area contributed by atoms with Crippen LogP contribution in [0.5, 0.6) is 11.6 Å². The van der Waals surface area contributed by atoms with Gasteiger partial charge in [0.15, 0.2) is 5.82 Å². The normalized spacial score (nSPS) is 10.6. The summed E-state index contributed by atoms with van der Waals surface area (Å²) in [5, 5.41) is 11.6. The molecule has 0 aliphatic heterocycles. The number of imidazole rings is 1. The van der Waals surface area contributed by atoms with E-state index in [0.717, 1.165) is 5.82 Å². The number of nitrogens with one attached hydrogen (secondary N) is 1. The zero-order chi connectivity index (χ0) is 20.2. The second-order valence-corrected chi connectivity index (χ2v) is 6.60. The van der Waals surface area contributed by atoms with Gasteiger partial charge in [-0.25, -0.2) is 4.98 Å². The number of nitrogens with zero attached hydrogens (tertiary/aromatic N) is 4. The summed E-state index contributed by atoms with van der Waals surface area (Å²) in [5.74, 6) is 2.21. The van der Waals surface area contributed by atoms with Gasteiger partial charge in [0.25, 0.3) is 5.91 Å². The molecular weight excluding hydrogens is 390 g/mol. The average molecular weight is 406 g/mol. The van der Waals surface area contributed by atoms with Gasteiger partial charge in [0, 0.05) is 34.7 Å². The van der Waals surface area contributed by atoms with E-state index in [9.17, 15) is 4.79 Å². The Balaban J connectivity index is 1.40. The van der Waals surface area contributed by atoms with E-state index in [1.165, 1.54) is 0 Å². The number of amides is 1. The molecule has 7 nitrogen and oxygen atoms in total. The monoisotopic (exact) mass is 405 g/mol. The third kappa shape index (κ3) is 4.41. The summed E-state index contributed by atoms with van der Waals surface area (Å²) in [6.45, 7) is 1.89. The summed E-state index contributed by atoms with van der Waals surface area (Å²) in [5.41, 5.74) is 1.17. The van der Waals surface area contributed by atoms with Crippen LogP contribution in [0.2, 0.25) is 5.02 Å². The number of ether oxygens (including phenoxy) is 1. The molecule has 8 heteroatoms. The van der Waals surface area contributed by atoms with Crippen molar-refractivity contribution in [1.29, 1.82) is 0 Å². The average Bonchev–Trinajstić information content (AvgIpc) is 3.16. The predicted octanol–water partition coefficient (Wildman–Crippen LogP) is 4.67. The molecule has 29 heavy (non-hydrogen) atoms. The van der Waals surface area contributed by atoms with Crippen molar-refractivity contribution in [2.45, 2.75) is 6.92 Å². The summed E-state index contributed by atoms with van der Waals surface area (Å²) in [6, 6.07) is 17.2. The molecule has 0 unspecified atom stereocenters. The molecule has 1 N–H and O–H groups in total. The number of halogens is 1. The molecule has 0 radical (unpaired) electrons. The minimum Gasteiger partial charge on any atom is -0.438 e. The largest absolute Gasteiger partial charge is 0.438 e. The van der Waals surface area contributed by atoms with E-state index in [1.54, 1.807) is 66.9 Å². The van der Waals surface area contributed by atoms with Crippen LogP contribution in [-0.2, 0) is 0 Å². The van der Waals surface area contributed by atoms with Gasteiger partial charge in [-0.05, 0) is 61.5 Å². The Bertz CT molecular complexity index is 1120. The lowest BCUT2D eigenvalue weighted by Crippen LogP contribution is -2.11. The first-order chi connectivity index (χ1) is 14.1. The number of hydrogen-bond donors (Lipinski definition) is 1. The smallest absolute Gasteiger partial charge is 0.255 e. The molecule has 2 aromatic heterocycles. The second-order valence-electron chi connectivity index (χ2n) is 6.16. The minimum atomic E-state index is -0.216. The van der Waals surface area contributed by atoms with Crippen molar-refractivity contribution in [2.24, 2.45) is 0 Å². The van der Waals surface area contributed by atoms with Crippen molar-refractivity contribution >= 4 is 23.2 Å². The van der Waals surface area contributed by atoms with Crippen molar-refractivity contribution < 1.29 is 9.53 Å².